The van der Waals surface area contributed by atoms with E-state index in [-0.39, 0.29) is 5.91 Å². The highest BCUT2D eigenvalue weighted by molar-refractivity contribution is 6.18. The highest BCUT2D eigenvalue weighted by Crippen LogP contribution is 2.39. The maximum Gasteiger partial charge on any atom is 0.280 e. The lowest BCUT2D eigenvalue weighted by molar-refractivity contribution is 0.0859. The molecule has 0 saturated heterocycles. The summed E-state index contributed by atoms with van der Waals surface area (Å²) < 4.78 is 0. The third kappa shape index (κ3) is 2.13. The van der Waals surface area contributed by atoms with Crippen LogP contribution in [0.1, 0.15) is 46.7 Å². The molecule has 5 rings (SSSR count). The number of hydrogen-bond donors (Lipinski definition) is 1. The third-order valence-corrected chi connectivity index (χ3v) is 5.54. The van der Waals surface area contributed by atoms with Crippen molar-refractivity contribution in [3.05, 3.63) is 46.9 Å². The van der Waals surface area contributed by atoms with Crippen molar-refractivity contribution < 1.29 is 4.79 Å². The number of fused-ring (bicyclic) bond motifs is 5. The van der Waals surface area contributed by atoms with E-state index in [2.05, 4.69) is 41.1 Å². The van der Waals surface area contributed by atoms with Gasteiger partial charge in [0, 0.05) is 13.5 Å². The van der Waals surface area contributed by atoms with Crippen LogP contribution in [0.15, 0.2) is 29.3 Å². The minimum atomic E-state index is -0.0485. The molecule has 1 aromatic carbocycles. The fourth-order valence-corrected chi connectivity index (χ4v) is 4.21. The third-order valence-electron chi connectivity index (χ3n) is 5.54. The zero-order valence-electron chi connectivity index (χ0n) is 14.5. The van der Waals surface area contributed by atoms with E-state index in [1.54, 1.807) is 11.9 Å². The molecule has 0 bridgehead atoms. The zero-order valence-corrected chi connectivity index (χ0v) is 14.5. The minimum Gasteiger partial charge on any atom is -0.336 e. The molecule has 3 aliphatic rings. The Morgan fingerprint density at radius 3 is 2.84 bits per heavy atom. The molecule has 2 atom stereocenters. The summed E-state index contributed by atoms with van der Waals surface area (Å²) >= 11 is 0. The van der Waals surface area contributed by atoms with Crippen molar-refractivity contribution in [2.45, 2.75) is 44.7 Å². The van der Waals surface area contributed by atoms with Crippen molar-refractivity contribution in [1.82, 2.24) is 14.9 Å². The van der Waals surface area contributed by atoms with Gasteiger partial charge in [0.05, 0.1) is 12.1 Å². The molecule has 25 heavy (non-hydrogen) atoms. The van der Waals surface area contributed by atoms with Crippen molar-refractivity contribution >= 4 is 17.7 Å². The molecule has 2 aromatic rings. The maximum absolute atomic E-state index is 12.7. The molecule has 1 saturated carbocycles. The Bertz CT molecular complexity index is 882. The average Bonchev–Trinajstić information content (AvgIpc) is 3.28. The number of nitrogens with one attached hydrogen (secondary N) is 1. The van der Waals surface area contributed by atoms with Crippen LogP contribution in [-0.2, 0) is 6.42 Å². The molecule has 2 aliphatic heterocycles. The van der Waals surface area contributed by atoms with Crippen molar-refractivity contribution in [1.29, 1.82) is 0 Å². The van der Waals surface area contributed by atoms with Crippen molar-refractivity contribution in [2.24, 2.45) is 4.99 Å². The summed E-state index contributed by atoms with van der Waals surface area (Å²) in [5.74, 6) is 2.31. The lowest BCUT2D eigenvalue weighted by Crippen LogP contribution is -2.51. The Kier molecular flexibility index (Phi) is 3.04. The van der Waals surface area contributed by atoms with Crippen LogP contribution < -0.4 is 4.90 Å². The number of rotatable bonds is 2. The first-order valence-electron chi connectivity index (χ1n) is 8.91. The molecule has 3 heterocycles. The fourth-order valence-electron chi connectivity index (χ4n) is 4.21. The Balaban J connectivity index is 1.53. The van der Waals surface area contributed by atoms with Gasteiger partial charge in [-0.15, -0.1) is 0 Å². The minimum absolute atomic E-state index is 0.0485. The van der Waals surface area contributed by atoms with Gasteiger partial charge in [-0.1, -0.05) is 29.8 Å². The summed E-state index contributed by atoms with van der Waals surface area (Å²) in [7, 11) is 1.80. The number of benzene rings is 1. The van der Waals surface area contributed by atoms with Crippen LogP contribution in [0.3, 0.4) is 0 Å². The highest BCUT2D eigenvalue weighted by Gasteiger charge is 2.48. The van der Waals surface area contributed by atoms with Gasteiger partial charge in [0.1, 0.15) is 11.5 Å². The van der Waals surface area contributed by atoms with Gasteiger partial charge in [-0.2, -0.15) is 0 Å². The van der Waals surface area contributed by atoms with Gasteiger partial charge in [0.2, 0.25) is 5.96 Å². The summed E-state index contributed by atoms with van der Waals surface area (Å²) in [5, 5.41) is 0. The molecule has 0 spiro atoms. The van der Waals surface area contributed by atoms with Crippen molar-refractivity contribution in [3.63, 3.8) is 0 Å². The number of anilines is 1. The van der Waals surface area contributed by atoms with E-state index in [9.17, 15) is 4.79 Å². The van der Waals surface area contributed by atoms with Crippen molar-refractivity contribution in [3.8, 4) is 0 Å². The molecule has 1 fully saturated rings. The molecular formula is C19H21N5O. The van der Waals surface area contributed by atoms with E-state index >= 15 is 0 Å². The normalized spacial score (nSPS) is 24.2. The molecule has 6 nitrogen and oxygen atoms in total. The fraction of sp³-hybridized carbons (Fsp3) is 0.421. The van der Waals surface area contributed by atoms with E-state index in [1.165, 1.54) is 17.5 Å². The standard InChI is InChI=1S/C19H21N5O/c1-11-6-8-12(9-7-11)10-15-21-16-17(22-15)24-14-5-3-4-13(14)20-19(24)23(2)18(16)25/h6-9,13-14H,3-5,10H2,1-2H3,(H,21,22)/t13-,14+/m0/s1. The van der Waals surface area contributed by atoms with Gasteiger partial charge >= 0.3 is 0 Å². The number of aromatic nitrogens is 2. The number of aryl methyl sites for hydroxylation is 1. The zero-order chi connectivity index (χ0) is 17.1. The van der Waals surface area contributed by atoms with Gasteiger partial charge in [-0.25, -0.2) is 9.98 Å². The topological polar surface area (TPSA) is 64.6 Å². The predicted octanol–water partition coefficient (Wildman–Crippen LogP) is 2.49. The second-order valence-corrected chi connectivity index (χ2v) is 7.27. The van der Waals surface area contributed by atoms with Crippen LogP contribution in [0.4, 0.5) is 5.82 Å². The molecule has 1 N–H and O–H groups in total. The number of guanidine groups is 1. The van der Waals surface area contributed by atoms with Gasteiger partial charge in [-0.3, -0.25) is 14.6 Å². The molecule has 0 radical (unpaired) electrons. The summed E-state index contributed by atoms with van der Waals surface area (Å²) in [6, 6.07) is 9.08. The van der Waals surface area contributed by atoms with Crippen LogP contribution >= 0.6 is 0 Å². The number of carbonyl (C=O) groups excluding carboxylic acids is 1. The molecule has 1 amide bonds. The lowest BCUT2D eigenvalue weighted by atomic mass is 10.1. The smallest absolute Gasteiger partial charge is 0.280 e. The van der Waals surface area contributed by atoms with Crippen LogP contribution in [0.2, 0.25) is 0 Å². The van der Waals surface area contributed by atoms with Crippen LogP contribution in [0, 0.1) is 6.92 Å². The van der Waals surface area contributed by atoms with E-state index in [1.807, 2.05) is 0 Å². The first-order chi connectivity index (χ1) is 12.1. The highest BCUT2D eigenvalue weighted by atomic mass is 16.2. The van der Waals surface area contributed by atoms with E-state index in [0.717, 1.165) is 30.4 Å². The van der Waals surface area contributed by atoms with E-state index < -0.39 is 0 Å². The van der Waals surface area contributed by atoms with Crippen LogP contribution in [0.25, 0.3) is 0 Å². The predicted molar refractivity (Wildman–Crippen MR) is 96.0 cm³/mol. The maximum atomic E-state index is 12.7. The van der Waals surface area contributed by atoms with E-state index in [4.69, 9.17) is 9.98 Å². The Morgan fingerprint density at radius 1 is 1.24 bits per heavy atom. The summed E-state index contributed by atoms with van der Waals surface area (Å²) in [6.45, 7) is 2.08. The first kappa shape index (κ1) is 14.7. The SMILES string of the molecule is Cc1ccc(Cc2nc3c([nH]2)C(=O)N(C)C2=N[C@H]4CCC[C@H]4N23)cc1. The lowest BCUT2D eigenvalue weighted by Gasteiger charge is -2.33. The van der Waals surface area contributed by atoms with Crippen molar-refractivity contribution in [2.75, 3.05) is 11.9 Å². The first-order valence-corrected chi connectivity index (χ1v) is 8.91. The number of aromatic amines is 1. The molecule has 128 valence electrons. The summed E-state index contributed by atoms with van der Waals surface area (Å²) in [6.07, 6.45) is 4.09. The van der Waals surface area contributed by atoms with Gasteiger partial charge < -0.3 is 4.98 Å². The van der Waals surface area contributed by atoms with Crippen LogP contribution in [-0.4, -0.2) is 45.9 Å². The number of aliphatic imine (C=N–C) groups is 1. The monoisotopic (exact) mass is 335 g/mol. The Hall–Kier alpha value is -2.63. The molecule has 6 heteroatoms. The number of hydrogen-bond acceptors (Lipinski definition) is 4. The number of imidazole rings is 1. The average molecular weight is 335 g/mol. The van der Waals surface area contributed by atoms with Gasteiger partial charge in [0.25, 0.3) is 5.91 Å². The molecule has 1 aromatic heterocycles. The molecular weight excluding hydrogens is 314 g/mol. The summed E-state index contributed by atoms with van der Waals surface area (Å²) in [5.41, 5.74) is 3.02. The van der Waals surface area contributed by atoms with Crippen LogP contribution in [0.5, 0.6) is 0 Å². The summed E-state index contributed by atoms with van der Waals surface area (Å²) in [4.78, 5) is 29.4. The van der Waals surface area contributed by atoms with E-state index in [0.29, 0.717) is 24.2 Å². The number of nitrogens with zero attached hydrogens (tertiary/aromatic N) is 4. The second-order valence-electron chi connectivity index (χ2n) is 7.27. The Labute approximate surface area is 146 Å². The number of H-pyrrole nitrogens is 1. The quantitative estimate of drug-likeness (QED) is 0.917. The molecule has 0 unspecified atom stereocenters. The van der Waals surface area contributed by atoms with Gasteiger partial charge in [-0.05, 0) is 31.7 Å². The second kappa shape index (κ2) is 5.18. The number of carbonyl (C=O) groups is 1. The Morgan fingerprint density at radius 2 is 2.04 bits per heavy atom. The number of amides is 1. The van der Waals surface area contributed by atoms with Gasteiger partial charge in [0.15, 0.2) is 5.82 Å². The largest absolute Gasteiger partial charge is 0.336 e. The molecule has 1 aliphatic carbocycles.